The van der Waals surface area contributed by atoms with Gasteiger partial charge in [0, 0.05) is 16.6 Å². The van der Waals surface area contributed by atoms with Gasteiger partial charge < -0.3 is 0 Å². The number of nitrogens with zero attached hydrogens (tertiary/aromatic N) is 2. The van der Waals surface area contributed by atoms with Crippen LogP contribution in [0, 0.1) is 10.1 Å². The third-order valence-electron chi connectivity index (χ3n) is 3.28. The number of halogens is 1. The van der Waals surface area contributed by atoms with Crippen molar-refractivity contribution in [1.29, 1.82) is 0 Å². The van der Waals surface area contributed by atoms with Crippen LogP contribution in [0.4, 0.5) is 11.4 Å². The lowest BCUT2D eigenvalue weighted by molar-refractivity contribution is -0.384. The van der Waals surface area contributed by atoms with Crippen LogP contribution in [-0.4, -0.2) is 15.2 Å². The highest BCUT2D eigenvalue weighted by atomic mass is 79.9. The van der Waals surface area contributed by atoms with Gasteiger partial charge in [-0.25, -0.2) is 0 Å². The number of carbonyl (C=O) groups excluding carboxylic acids is 1. The molecule has 3 rings (SSSR count). The Labute approximate surface area is 155 Å². The van der Waals surface area contributed by atoms with E-state index in [0.29, 0.717) is 14.9 Å². The smallest absolute Gasteiger partial charge is 0.268 e. The molecule has 0 aromatic heterocycles. The molecule has 0 atom stereocenters. The average Bonchev–Trinajstić information content (AvgIpc) is 2.83. The summed E-state index contributed by atoms with van der Waals surface area (Å²) < 4.78 is 1.21. The maximum atomic E-state index is 12.7. The van der Waals surface area contributed by atoms with E-state index >= 15 is 0 Å². The molecule has 0 saturated carbocycles. The fourth-order valence-corrected chi connectivity index (χ4v) is 3.86. The van der Waals surface area contributed by atoms with Crippen LogP contribution in [0.3, 0.4) is 0 Å². The van der Waals surface area contributed by atoms with Crippen LogP contribution in [0.1, 0.15) is 5.56 Å². The summed E-state index contributed by atoms with van der Waals surface area (Å²) in [5, 5.41) is 10.9. The second-order valence-corrected chi connectivity index (χ2v) is 7.35. The lowest BCUT2D eigenvalue weighted by Crippen LogP contribution is -2.27. The zero-order valence-corrected chi connectivity index (χ0v) is 15.2. The Balaban J connectivity index is 1.97. The Hall–Kier alpha value is -2.03. The van der Waals surface area contributed by atoms with Crippen LogP contribution in [-0.2, 0) is 4.79 Å². The highest BCUT2D eigenvalue weighted by molar-refractivity contribution is 9.10. The highest BCUT2D eigenvalue weighted by Gasteiger charge is 2.34. The van der Waals surface area contributed by atoms with Crippen LogP contribution in [0.15, 0.2) is 57.9 Å². The number of amides is 1. The van der Waals surface area contributed by atoms with Gasteiger partial charge in [0.2, 0.25) is 0 Å². The first-order chi connectivity index (χ1) is 11.5. The predicted molar refractivity (Wildman–Crippen MR) is 103 cm³/mol. The zero-order valence-electron chi connectivity index (χ0n) is 12.0. The summed E-state index contributed by atoms with van der Waals surface area (Å²) in [4.78, 5) is 24.9. The van der Waals surface area contributed by atoms with Crippen molar-refractivity contribution in [2.75, 3.05) is 4.90 Å². The van der Waals surface area contributed by atoms with E-state index in [1.165, 1.54) is 34.9 Å². The summed E-state index contributed by atoms with van der Waals surface area (Å²) in [5.74, 6) is -0.291. The molecule has 0 aliphatic carbocycles. The van der Waals surface area contributed by atoms with E-state index in [1.54, 1.807) is 12.1 Å². The topological polar surface area (TPSA) is 63.5 Å². The van der Waals surface area contributed by atoms with Crippen LogP contribution in [0.2, 0.25) is 0 Å². The molecule has 0 radical (unpaired) electrons. The molecule has 2 aromatic carbocycles. The third-order valence-corrected chi connectivity index (χ3v) is 5.31. The largest absolute Gasteiger partial charge is 0.271 e. The van der Waals surface area contributed by atoms with Crippen molar-refractivity contribution in [3.05, 3.63) is 73.6 Å². The number of benzene rings is 2. The molecule has 1 amide bonds. The lowest BCUT2D eigenvalue weighted by Gasteiger charge is -2.13. The van der Waals surface area contributed by atoms with Gasteiger partial charge in [0.15, 0.2) is 4.32 Å². The predicted octanol–water partition coefficient (Wildman–Crippen LogP) is 4.76. The number of hydrogen-bond acceptors (Lipinski definition) is 5. The van der Waals surface area contributed by atoms with E-state index in [0.717, 1.165) is 10.0 Å². The van der Waals surface area contributed by atoms with Crippen molar-refractivity contribution < 1.29 is 9.72 Å². The minimum Gasteiger partial charge on any atom is -0.268 e. The molecule has 1 heterocycles. The highest BCUT2D eigenvalue weighted by Crippen LogP contribution is 2.37. The second kappa shape index (κ2) is 6.84. The van der Waals surface area contributed by atoms with Crippen molar-refractivity contribution in [3.8, 4) is 0 Å². The summed E-state index contributed by atoms with van der Waals surface area (Å²) in [6.07, 6.45) is 1.75. The van der Waals surface area contributed by atoms with Gasteiger partial charge >= 0.3 is 0 Å². The fourth-order valence-electron chi connectivity index (χ4n) is 2.17. The van der Waals surface area contributed by atoms with Gasteiger partial charge in [-0.05, 0) is 23.8 Å². The van der Waals surface area contributed by atoms with Crippen molar-refractivity contribution in [1.82, 2.24) is 0 Å². The molecule has 1 aliphatic heterocycles. The van der Waals surface area contributed by atoms with Crippen molar-refractivity contribution in [2.45, 2.75) is 0 Å². The third kappa shape index (κ3) is 3.26. The maximum Gasteiger partial charge on any atom is 0.271 e. The summed E-state index contributed by atoms with van der Waals surface area (Å²) in [6, 6.07) is 13.4. The molecule has 0 unspecified atom stereocenters. The van der Waals surface area contributed by atoms with Crippen LogP contribution in [0.5, 0.6) is 0 Å². The average molecular weight is 421 g/mol. The number of non-ortho nitro benzene ring substituents is 1. The van der Waals surface area contributed by atoms with E-state index in [2.05, 4.69) is 15.9 Å². The first kappa shape index (κ1) is 16.8. The number of thioether (sulfide) groups is 1. The molecule has 5 nitrogen and oxygen atoms in total. The number of rotatable bonds is 3. The molecule has 24 heavy (non-hydrogen) atoms. The number of nitro benzene ring substituents is 1. The van der Waals surface area contributed by atoms with E-state index in [9.17, 15) is 14.9 Å². The van der Waals surface area contributed by atoms with Crippen molar-refractivity contribution >= 4 is 67.6 Å². The molecule has 0 spiro atoms. The van der Waals surface area contributed by atoms with Gasteiger partial charge in [0.05, 0.1) is 15.5 Å². The summed E-state index contributed by atoms with van der Waals surface area (Å²) in [6.45, 7) is 0. The Morgan fingerprint density at radius 3 is 2.67 bits per heavy atom. The zero-order chi connectivity index (χ0) is 17.3. The van der Waals surface area contributed by atoms with E-state index in [-0.39, 0.29) is 11.6 Å². The van der Waals surface area contributed by atoms with Gasteiger partial charge in [-0.3, -0.25) is 19.8 Å². The molecule has 0 bridgehead atoms. The number of carbonyl (C=O) groups is 1. The minimum atomic E-state index is -0.502. The molecule has 2 aromatic rings. The molecule has 120 valence electrons. The second-order valence-electron chi connectivity index (χ2n) is 4.82. The molecule has 8 heteroatoms. The minimum absolute atomic E-state index is 0.0867. The van der Waals surface area contributed by atoms with Crippen LogP contribution < -0.4 is 4.90 Å². The van der Waals surface area contributed by atoms with Gasteiger partial charge in [0.1, 0.15) is 0 Å². The van der Waals surface area contributed by atoms with E-state index in [4.69, 9.17) is 12.2 Å². The quantitative estimate of drug-likeness (QED) is 0.309. The Morgan fingerprint density at radius 1 is 1.21 bits per heavy atom. The standard InChI is InChI=1S/C16H9BrN2O3S2/c17-13-7-2-1-4-10(13)8-14-15(20)18(16(23)24-14)11-5-3-6-12(9-11)19(21)22/h1-9H. The Bertz CT molecular complexity index is 898. The number of nitro groups is 1. The van der Waals surface area contributed by atoms with Crippen molar-refractivity contribution in [2.24, 2.45) is 0 Å². The maximum absolute atomic E-state index is 12.7. The van der Waals surface area contributed by atoms with Gasteiger partial charge in [-0.15, -0.1) is 0 Å². The van der Waals surface area contributed by atoms with Gasteiger partial charge in [-0.2, -0.15) is 0 Å². The summed E-state index contributed by atoms with van der Waals surface area (Å²) in [5.41, 5.74) is 1.16. The van der Waals surface area contributed by atoms with E-state index in [1.807, 2.05) is 24.3 Å². The first-order valence-electron chi connectivity index (χ1n) is 6.74. The normalized spacial score (nSPS) is 16.0. The molecular weight excluding hydrogens is 412 g/mol. The summed E-state index contributed by atoms with van der Waals surface area (Å²) in [7, 11) is 0. The number of thiocarbonyl (C=S) groups is 1. The van der Waals surface area contributed by atoms with Gasteiger partial charge in [0.25, 0.3) is 11.6 Å². The fraction of sp³-hybridized carbons (Fsp3) is 0. The molecule has 1 fully saturated rings. The molecule has 1 aliphatic rings. The number of hydrogen-bond donors (Lipinski definition) is 0. The van der Waals surface area contributed by atoms with Gasteiger partial charge in [-0.1, -0.05) is 64.2 Å². The molecule has 0 N–H and O–H groups in total. The van der Waals surface area contributed by atoms with E-state index < -0.39 is 4.92 Å². The van der Waals surface area contributed by atoms with Crippen molar-refractivity contribution in [3.63, 3.8) is 0 Å². The number of anilines is 1. The summed E-state index contributed by atoms with van der Waals surface area (Å²) >= 11 is 9.89. The SMILES string of the molecule is O=C1C(=Cc2ccccc2Br)SC(=S)N1c1cccc([N+](=O)[O-])c1. The monoisotopic (exact) mass is 420 g/mol. The Morgan fingerprint density at radius 2 is 1.96 bits per heavy atom. The molecule has 1 saturated heterocycles. The van der Waals surface area contributed by atoms with Crippen LogP contribution >= 0.6 is 39.9 Å². The Kier molecular flexibility index (Phi) is 4.79. The van der Waals surface area contributed by atoms with Crippen LogP contribution in [0.25, 0.3) is 6.08 Å². The molecular formula is C16H9BrN2O3S2. The lowest BCUT2D eigenvalue weighted by atomic mass is 10.2. The first-order valence-corrected chi connectivity index (χ1v) is 8.76.